The predicted molar refractivity (Wildman–Crippen MR) is 98.3 cm³/mol. The van der Waals surface area contributed by atoms with E-state index in [1.807, 2.05) is 17.1 Å². The molecule has 3 aliphatic heterocycles. The number of aromatic nitrogens is 2. The van der Waals surface area contributed by atoms with Crippen LogP contribution in [-0.4, -0.2) is 62.9 Å². The molecule has 4 atom stereocenters. The third-order valence-corrected chi connectivity index (χ3v) is 6.19. The summed E-state index contributed by atoms with van der Waals surface area (Å²) < 4.78 is 6.21. The maximum Gasteiger partial charge on any atom is 0.230 e. The molecule has 2 fully saturated rings. The Morgan fingerprint density at radius 2 is 2.19 bits per heavy atom. The Morgan fingerprint density at radius 1 is 1.41 bits per heavy atom. The van der Waals surface area contributed by atoms with Crippen LogP contribution in [0, 0.1) is 11.8 Å². The number of hydrogen-bond donors (Lipinski definition) is 0. The molecule has 27 heavy (non-hydrogen) atoms. The average molecular weight is 370 g/mol. The fourth-order valence-corrected chi connectivity index (χ4v) is 4.84. The van der Waals surface area contributed by atoms with Crippen molar-refractivity contribution in [3.05, 3.63) is 36.4 Å². The van der Waals surface area contributed by atoms with Crippen LogP contribution in [0.5, 0.6) is 0 Å². The lowest BCUT2D eigenvalue weighted by Gasteiger charge is -2.29. The number of carbonyl (C=O) groups excluding carboxylic acids is 2. The molecule has 4 heterocycles. The van der Waals surface area contributed by atoms with Gasteiger partial charge in [-0.15, -0.1) is 0 Å². The Bertz CT molecular complexity index is 764. The van der Waals surface area contributed by atoms with Crippen molar-refractivity contribution in [1.29, 1.82) is 0 Å². The molecule has 4 rings (SSSR count). The molecule has 144 valence electrons. The average Bonchev–Trinajstić information content (AvgIpc) is 3.32. The molecule has 1 aromatic rings. The van der Waals surface area contributed by atoms with Gasteiger partial charge in [-0.05, 0) is 12.8 Å². The number of carbonyl (C=O) groups is 2. The van der Waals surface area contributed by atoms with E-state index in [4.69, 9.17) is 4.74 Å². The fraction of sp³-hybridized carbons (Fsp3) is 0.600. The third-order valence-electron chi connectivity index (χ3n) is 6.19. The van der Waals surface area contributed by atoms with E-state index in [1.165, 1.54) is 0 Å². The van der Waals surface area contributed by atoms with Gasteiger partial charge in [0.2, 0.25) is 11.8 Å². The highest BCUT2D eigenvalue weighted by molar-refractivity contribution is 5.93. The van der Waals surface area contributed by atoms with Gasteiger partial charge in [-0.25, -0.2) is 0 Å². The fourth-order valence-electron chi connectivity index (χ4n) is 4.84. The van der Waals surface area contributed by atoms with Gasteiger partial charge in [0.05, 0.1) is 42.9 Å². The topological polar surface area (TPSA) is 75.6 Å². The van der Waals surface area contributed by atoms with Crippen LogP contribution >= 0.6 is 0 Å². The highest BCUT2D eigenvalue weighted by atomic mass is 16.5. The van der Waals surface area contributed by atoms with Crippen LogP contribution in [0.25, 0.3) is 0 Å². The summed E-state index contributed by atoms with van der Waals surface area (Å²) >= 11 is 0. The maximum atomic E-state index is 13.2. The zero-order valence-corrected chi connectivity index (χ0v) is 16.0. The van der Waals surface area contributed by atoms with Crippen molar-refractivity contribution in [1.82, 2.24) is 19.8 Å². The van der Waals surface area contributed by atoms with E-state index in [2.05, 4.69) is 23.8 Å². The van der Waals surface area contributed by atoms with Crippen molar-refractivity contribution in [2.24, 2.45) is 11.8 Å². The highest BCUT2D eigenvalue weighted by Crippen LogP contribution is 2.52. The lowest BCUT2D eigenvalue weighted by molar-refractivity contribution is -0.143. The molecule has 1 spiro atoms. The molecule has 3 aliphatic rings. The van der Waals surface area contributed by atoms with Crippen LogP contribution in [0.4, 0.5) is 0 Å². The Balaban J connectivity index is 1.56. The quantitative estimate of drug-likeness (QED) is 0.708. The Labute approximate surface area is 159 Å². The largest absolute Gasteiger partial charge is 0.360 e. The highest BCUT2D eigenvalue weighted by Gasteiger charge is 2.67. The summed E-state index contributed by atoms with van der Waals surface area (Å²) in [7, 11) is 1.75. The van der Waals surface area contributed by atoms with Crippen molar-refractivity contribution in [2.45, 2.75) is 51.0 Å². The maximum absolute atomic E-state index is 13.2. The molecule has 1 aromatic heterocycles. The van der Waals surface area contributed by atoms with Crippen LogP contribution in [0.2, 0.25) is 0 Å². The van der Waals surface area contributed by atoms with Crippen molar-refractivity contribution in [3.63, 3.8) is 0 Å². The van der Waals surface area contributed by atoms with E-state index < -0.39 is 17.4 Å². The monoisotopic (exact) mass is 370 g/mol. The molecule has 0 unspecified atom stereocenters. The summed E-state index contributed by atoms with van der Waals surface area (Å²) in [4.78, 5) is 38.3. The Hall–Kier alpha value is -2.28. The summed E-state index contributed by atoms with van der Waals surface area (Å²) in [5.41, 5.74) is 0.0806. The lowest BCUT2D eigenvalue weighted by atomic mass is 9.76. The van der Waals surface area contributed by atoms with Crippen LogP contribution in [0.1, 0.15) is 32.4 Å². The third kappa shape index (κ3) is 2.76. The number of ether oxygens (including phenoxy) is 1. The zero-order chi connectivity index (χ0) is 19.2. The number of rotatable bonds is 6. The Kier molecular flexibility index (Phi) is 4.50. The van der Waals surface area contributed by atoms with Crippen molar-refractivity contribution in [2.75, 3.05) is 13.6 Å². The number of fused-ring (bicyclic) bond motifs is 1. The first kappa shape index (κ1) is 18.1. The van der Waals surface area contributed by atoms with Gasteiger partial charge in [0, 0.05) is 25.5 Å². The first-order valence-electron chi connectivity index (χ1n) is 9.68. The summed E-state index contributed by atoms with van der Waals surface area (Å²) in [6, 6.07) is 0.196. The summed E-state index contributed by atoms with van der Waals surface area (Å²) in [5.74, 6) is -0.906. The standard InChI is InChI=1S/C20H26N4O3/c1-4-14(5-2)24-12-20-7-6-15(27-20)16(17(20)19(24)26)18(25)23(3)11-13-10-21-8-9-22-13/h6-10,14-17H,4-5,11-12H2,1-3H3/t15-,16-,17+,20-/m0/s1. The van der Waals surface area contributed by atoms with Gasteiger partial charge in [0.1, 0.15) is 5.60 Å². The summed E-state index contributed by atoms with van der Waals surface area (Å²) in [6.45, 7) is 5.11. The van der Waals surface area contributed by atoms with Gasteiger partial charge in [0.15, 0.2) is 0 Å². The second-order valence-electron chi connectivity index (χ2n) is 7.73. The Morgan fingerprint density at radius 3 is 2.85 bits per heavy atom. The van der Waals surface area contributed by atoms with Gasteiger partial charge in [-0.2, -0.15) is 0 Å². The molecule has 0 radical (unpaired) electrons. The zero-order valence-electron chi connectivity index (χ0n) is 16.0. The smallest absolute Gasteiger partial charge is 0.230 e. The van der Waals surface area contributed by atoms with E-state index >= 15 is 0 Å². The number of nitrogens with zero attached hydrogens (tertiary/aromatic N) is 4. The molecular weight excluding hydrogens is 344 g/mol. The normalized spacial score (nSPS) is 31.0. The summed E-state index contributed by atoms with van der Waals surface area (Å²) in [5, 5.41) is 0. The van der Waals surface area contributed by atoms with Gasteiger partial charge in [-0.3, -0.25) is 19.6 Å². The van der Waals surface area contributed by atoms with Crippen LogP contribution in [0.3, 0.4) is 0 Å². The summed E-state index contributed by atoms with van der Waals surface area (Å²) in [6.07, 6.45) is 10.3. The van der Waals surface area contributed by atoms with E-state index in [9.17, 15) is 9.59 Å². The second kappa shape index (κ2) is 6.71. The lowest BCUT2D eigenvalue weighted by Crippen LogP contribution is -2.45. The minimum absolute atomic E-state index is 0.0572. The van der Waals surface area contributed by atoms with E-state index in [-0.39, 0.29) is 24.0 Å². The van der Waals surface area contributed by atoms with Gasteiger partial charge in [-0.1, -0.05) is 26.0 Å². The first-order chi connectivity index (χ1) is 13.0. The van der Waals surface area contributed by atoms with Crippen molar-refractivity contribution < 1.29 is 14.3 Å². The number of amides is 2. The SMILES string of the molecule is CCC(CC)N1C[C@]23C=C[C@H](O2)[C@H](C(=O)N(C)Cc2cnccn2)[C@@H]3C1=O. The predicted octanol–water partition coefficient (Wildman–Crippen LogP) is 1.41. The van der Waals surface area contributed by atoms with Crippen LogP contribution in [0.15, 0.2) is 30.7 Å². The molecule has 0 N–H and O–H groups in total. The van der Waals surface area contributed by atoms with Crippen LogP contribution < -0.4 is 0 Å². The minimum Gasteiger partial charge on any atom is -0.360 e. The van der Waals surface area contributed by atoms with E-state index in [0.29, 0.717) is 13.1 Å². The van der Waals surface area contributed by atoms with E-state index in [0.717, 1.165) is 18.5 Å². The number of hydrogen-bond acceptors (Lipinski definition) is 5. The minimum atomic E-state index is -0.641. The van der Waals surface area contributed by atoms with Crippen molar-refractivity contribution in [3.8, 4) is 0 Å². The number of likely N-dealkylation sites (tertiary alicyclic amines) is 1. The second-order valence-corrected chi connectivity index (χ2v) is 7.73. The van der Waals surface area contributed by atoms with Gasteiger partial charge < -0.3 is 14.5 Å². The van der Waals surface area contributed by atoms with Gasteiger partial charge in [0.25, 0.3) is 0 Å². The van der Waals surface area contributed by atoms with E-state index in [1.54, 1.807) is 30.5 Å². The molecule has 0 aromatic carbocycles. The van der Waals surface area contributed by atoms with Gasteiger partial charge >= 0.3 is 0 Å². The molecule has 2 saturated heterocycles. The molecule has 2 bridgehead atoms. The van der Waals surface area contributed by atoms with Crippen LogP contribution in [-0.2, 0) is 20.9 Å². The molecule has 7 heteroatoms. The molecular formula is C20H26N4O3. The first-order valence-corrected chi connectivity index (χ1v) is 9.68. The molecule has 0 aliphatic carbocycles. The molecule has 7 nitrogen and oxygen atoms in total. The molecule has 0 saturated carbocycles. The van der Waals surface area contributed by atoms with Crippen molar-refractivity contribution >= 4 is 11.8 Å². The molecule has 2 amide bonds.